The average Bonchev–Trinajstić information content (AvgIpc) is 2.46. The van der Waals surface area contributed by atoms with Crippen LogP contribution in [0.2, 0.25) is 0 Å². The van der Waals surface area contributed by atoms with Gasteiger partial charge in [0, 0.05) is 12.6 Å². The first-order valence-corrected chi connectivity index (χ1v) is 7.62. The molecule has 0 unspecified atom stereocenters. The summed E-state index contributed by atoms with van der Waals surface area (Å²) < 4.78 is 39.2. The molecule has 0 saturated carbocycles. The molecule has 0 amide bonds. The van der Waals surface area contributed by atoms with E-state index in [-0.39, 0.29) is 16.4 Å². The van der Waals surface area contributed by atoms with Crippen molar-refractivity contribution in [1.29, 1.82) is 0 Å². The SMILES string of the molecule is CC(=O)c1cccc(S(=O)(=O)N(C)c2cccc(F)c2)c1. The molecule has 6 heteroatoms. The molecular formula is C15H14FNO3S. The van der Waals surface area contributed by atoms with Crippen LogP contribution in [0, 0.1) is 5.82 Å². The summed E-state index contributed by atoms with van der Waals surface area (Å²) in [4.78, 5) is 11.3. The number of carbonyl (C=O) groups is 1. The Labute approximate surface area is 122 Å². The molecule has 110 valence electrons. The minimum Gasteiger partial charge on any atom is -0.295 e. The Balaban J connectivity index is 2.46. The highest BCUT2D eigenvalue weighted by Gasteiger charge is 2.22. The fraction of sp³-hybridized carbons (Fsp3) is 0.133. The van der Waals surface area contributed by atoms with Crippen LogP contribution in [-0.4, -0.2) is 21.2 Å². The summed E-state index contributed by atoms with van der Waals surface area (Å²) in [5.41, 5.74) is 0.520. The third-order valence-electron chi connectivity index (χ3n) is 3.07. The zero-order chi connectivity index (χ0) is 15.6. The summed E-state index contributed by atoms with van der Waals surface area (Å²) >= 11 is 0. The van der Waals surface area contributed by atoms with E-state index >= 15 is 0 Å². The molecule has 0 aliphatic carbocycles. The average molecular weight is 307 g/mol. The van der Waals surface area contributed by atoms with Crippen molar-refractivity contribution in [2.75, 3.05) is 11.4 Å². The van der Waals surface area contributed by atoms with E-state index < -0.39 is 15.8 Å². The molecule has 4 nitrogen and oxygen atoms in total. The van der Waals surface area contributed by atoms with Gasteiger partial charge in [0.15, 0.2) is 5.78 Å². The van der Waals surface area contributed by atoms with Crippen molar-refractivity contribution in [3.05, 3.63) is 59.9 Å². The van der Waals surface area contributed by atoms with Gasteiger partial charge in [-0.3, -0.25) is 9.10 Å². The first-order chi connectivity index (χ1) is 9.82. The van der Waals surface area contributed by atoms with Gasteiger partial charge in [-0.05, 0) is 37.3 Å². The van der Waals surface area contributed by atoms with Crippen LogP contribution in [0.5, 0.6) is 0 Å². The Morgan fingerprint density at radius 3 is 2.38 bits per heavy atom. The predicted molar refractivity (Wildman–Crippen MR) is 78.4 cm³/mol. The lowest BCUT2D eigenvalue weighted by Crippen LogP contribution is -2.26. The van der Waals surface area contributed by atoms with E-state index in [1.54, 1.807) is 6.07 Å². The van der Waals surface area contributed by atoms with E-state index in [0.717, 1.165) is 10.4 Å². The van der Waals surface area contributed by atoms with Gasteiger partial charge in [0.05, 0.1) is 10.6 Å². The zero-order valence-electron chi connectivity index (χ0n) is 11.6. The Morgan fingerprint density at radius 2 is 1.76 bits per heavy atom. The van der Waals surface area contributed by atoms with Gasteiger partial charge in [-0.15, -0.1) is 0 Å². The Kier molecular flexibility index (Phi) is 4.09. The van der Waals surface area contributed by atoms with Crippen LogP contribution >= 0.6 is 0 Å². The zero-order valence-corrected chi connectivity index (χ0v) is 12.4. The molecule has 0 saturated heterocycles. The van der Waals surface area contributed by atoms with Crippen molar-refractivity contribution in [2.45, 2.75) is 11.8 Å². The van der Waals surface area contributed by atoms with Crippen molar-refractivity contribution in [3.8, 4) is 0 Å². The molecule has 2 aromatic rings. The molecule has 0 aromatic heterocycles. The molecule has 0 fully saturated rings. The Hall–Kier alpha value is -2.21. The highest BCUT2D eigenvalue weighted by atomic mass is 32.2. The molecule has 0 aliphatic rings. The lowest BCUT2D eigenvalue weighted by atomic mass is 10.2. The number of halogens is 1. The van der Waals surface area contributed by atoms with E-state index in [1.165, 1.54) is 50.4 Å². The summed E-state index contributed by atoms with van der Waals surface area (Å²) in [6.07, 6.45) is 0. The number of nitrogens with zero attached hydrogens (tertiary/aromatic N) is 1. The molecule has 2 aromatic carbocycles. The second-order valence-corrected chi connectivity index (χ2v) is 6.51. The van der Waals surface area contributed by atoms with E-state index in [1.807, 2.05) is 0 Å². The van der Waals surface area contributed by atoms with E-state index in [2.05, 4.69) is 0 Å². The van der Waals surface area contributed by atoms with Crippen molar-refractivity contribution >= 4 is 21.5 Å². The fourth-order valence-corrected chi connectivity index (χ4v) is 3.08. The maximum Gasteiger partial charge on any atom is 0.264 e. The molecule has 0 bridgehead atoms. The number of hydrogen-bond acceptors (Lipinski definition) is 3. The summed E-state index contributed by atoms with van der Waals surface area (Å²) in [7, 11) is -2.51. The summed E-state index contributed by atoms with van der Waals surface area (Å²) in [6, 6.07) is 11.1. The maximum atomic E-state index is 13.2. The van der Waals surface area contributed by atoms with Gasteiger partial charge in [-0.25, -0.2) is 12.8 Å². The number of rotatable bonds is 4. The number of sulfonamides is 1. The highest BCUT2D eigenvalue weighted by molar-refractivity contribution is 7.92. The van der Waals surface area contributed by atoms with Crippen LogP contribution in [0.4, 0.5) is 10.1 Å². The molecule has 0 heterocycles. The van der Waals surface area contributed by atoms with Crippen molar-refractivity contribution in [2.24, 2.45) is 0 Å². The monoisotopic (exact) mass is 307 g/mol. The third kappa shape index (κ3) is 3.11. The van der Waals surface area contributed by atoms with Crippen LogP contribution in [0.3, 0.4) is 0 Å². The first kappa shape index (κ1) is 15.2. The number of anilines is 1. The van der Waals surface area contributed by atoms with Crippen LogP contribution in [0.15, 0.2) is 53.4 Å². The normalized spacial score (nSPS) is 11.2. The quantitative estimate of drug-likeness (QED) is 0.816. The van der Waals surface area contributed by atoms with Crippen LogP contribution in [0.1, 0.15) is 17.3 Å². The van der Waals surface area contributed by atoms with Gasteiger partial charge in [-0.2, -0.15) is 0 Å². The van der Waals surface area contributed by atoms with Crippen molar-refractivity contribution in [1.82, 2.24) is 0 Å². The Morgan fingerprint density at radius 1 is 1.10 bits per heavy atom. The third-order valence-corrected chi connectivity index (χ3v) is 4.85. The number of hydrogen-bond donors (Lipinski definition) is 0. The molecule has 0 atom stereocenters. The maximum absolute atomic E-state index is 13.2. The first-order valence-electron chi connectivity index (χ1n) is 6.18. The number of benzene rings is 2. The highest BCUT2D eigenvalue weighted by Crippen LogP contribution is 2.23. The second-order valence-electron chi connectivity index (χ2n) is 4.54. The Bertz CT molecular complexity index is 787. The van der Waals surface area contributed by atoms with Gasteiger partial charge in [0.1, 0.15) is 5.82 Å². The minimum atomic E-state index is -3.85. The second kappa shape index (κ2) is 5.65. The topological polar surface area (TPSA) is 54.5 Å². The summed E-state index contributed by atoms with van der Waals surface area (Å²) in [5.74, 6) is -0.743. The van der Waals surface area contributed by atoms with Crippen molar-refractivity contribution < 1.29 is 17.6 Å². The van der Waals surface area contributed by atoms with E-state index in [4.69, 9.17) is 0 Å². The van der Waals surface area contributed by atoms with Crippen LogP contribution in [-0.2, 0) is 10.0 Å². The molecule has 0 spiro atoms. The van der Waals surface area contributed by atoms with E-state index in [0.29, 0.717) is 5.56 Å². The predicted octanol–water partition coefficient (Wildman–Crippen LogP) is 2.85. The number of carbonyl (C=O) groups excluding carboxylic acids is 1. The lowest BCUT2D eigenvalue weighted by Gasteiger charge is -2.19. The largest absolute Gasteiger partial charge is 0.295 e. The molecule has 0 radical (unpaired) electrons. The summed E-state index contributed by atoms with van der Waals surface area (Å²) in [5, 5.41) is 0. The molecule has 2 rings (SSSR count). The van der Waals surface area contributed by atoms with Crippen molar-refractivity contribution in [3.63, 3.8) is 0 Å². The van der Waals surface area contributed by atoms with Gasteiger partial charge in [0.2, 0.25) is 0 Å². The summed E-state index contributed by atoms with van der Waals surface area (Å²) in [6.45, 7) is 1.36. The smallest absolute Gasteiger partial charge is 0.264 e. The molecule has 0 aliphatic heterocycles. The standard InChI is InChI=1S/C15H14FNO3S/c1-11(18)12-5-3-8-15(9-12)21(19,20)17(2)14-7-4-6-13(16)10-14/h3-10H,1-2H3. The van der Waals surface area contributed by atoms with Gasteiger partial charge in [-0.1, -0.05) is 18.2 Å². The van der Waals surface area contributed by atoms with Gasteiger partial charge < -0.3 is 0 Å². The molecule has 0 N–H and O–H groups in total. The fourth-order valence-electron chi connectivity index (χ4n) is 1.84. The lowest BCUT2D eigenvalue weighted by molar-refractivity contribution is 0.101. The minimum absolute atomic E-state index is 0.0121. The number of ketones is 1. The van der Waals surface area contributed by atoms with Crippen LogP contribution in [0.25, 0.3) is 0 Å². The van der Waals surface area contributed by atoms with Crippen LogP contribution < -0.4 is 4.31 Å². The molecule has 21 heavy (non-hydrogen) atoms. The van der Waals surface area contributed by atoms with Gasteiger partial charge in [0.25, 0.3) is 10.0 Å². The van der Waals surface area contributed by atoms with E-state index in [9.17, 15) is 17.6 Å². The molecular weight excluding hydrogens is 293 g/mol. The van der Waals surface area contributed by atoms with Gasteiger partial charge >= 0.3 is 0 Å². The number of Topliss-reactive ketones (excluding diaryl/α,β-unsaturated/α-hetero) is 1.